The van der Waals surface area contributed by atoms with Crippen LogP contribution in [0, 0.1) is 26.7 Å². The van der Waals surface area contributed by atoms with E-state index in [2.05, 4.69) is 20.1 Å². The van der Waals surface area contributed by atoms with Crippen LogP contribution in [0.3, 0.4) is 0 Å². The summed E-state index contributed by atoms with van der Waals surface area (Å²) in [6, 6.07) is 2.01. The monoisotopic (exact) mass is 397 g/mol. The second-order valence-electron chi connectivity index (χ2n) is 7.32. The Balaban J connectivity index is 1.48. The van der Waals surface area contributed by atoms with E-state index in [1.807, 2.05) is 31.7 Å². The van der Waals surface area contributed by atoms with Gasteiger partial charge in [0.1, 0.15) is 17.0 Å². The minimum Gasteiger partial charge on any atom is -0.361 e. The number of nitrogens with zero attached hydrogens (tertiary/aromatic N) is 5. The van der Waals surface area contributed by atoms with E-state index >= 15 is 0 Å². The molecule has 4 heterocycles. The van der Waals surface area contributed by atoms with Gasteiger partial charge in [0.2, 0.25) is 0 Å². The summed E-state index contributed by atoms with van der Waals surface area (Å²) < 4.78 is 5.27. The van der Waals surface area contributed by atoms with E-state index in [0.717, 1.165) is 71.3 Å². The lowest BCUT2D eigenvalue weighted by atomic mass is 9.92. The molecule has 0 aliphatic carbocycles. The van der Waals surface area contributed by atoms with E-state index in [-0.39, 0.29) is 5.91 Å². The molecule has 146 valence electrons. The Labute approximate surface area is 167 Å². The van der Waals surface area contributed by atoms with Gasteiger partial charge in [-0.2, -0.15) is 0 Å². The molecule has 0 spiro atoms. The molecule has 0 saturated carbocycles. The van der Waals surface area contributed by atoms with Crippen LogP contribution in [0.25, 0.3) is 11.3 Å². The third-order valence-corrected chi connectivity index (χ3v) is 6.17. The average molecular weight is 398 g/mol. The highest BCUT2D eigenvalue weighted by Gasteiger charge is 2.27. The predicted octanol–water partition coefficient (Wildman–Crippen LogP) is 3.61. The molecule has 1 amide bonds. The van der Waals surface area contributed by atoms with Crippen LogP contribution in [0.2, 0.25) is 0 Å². The first-order valence-electron chi connectivity index (χ1n) is 9.46. The zero-order chi connectivity index (χ0) is 19.7. The van der Waals surface area contributed by atoms with E-state index in [1.54, 1.807) is 11.8 Å². The van der Waals surface area contributed by atoms with Gasteiger partial charge in [-0.3, -0.25) is 4.79 Å². The van der Waals surface area contributed by atoms with Crippen LogP contribution in [0.15, 0.2) is 22.4 Å². The van der Waals surface area contributed by atoms with E-state index in [0.29, 0.717) is 5.92 Å². The summed E-state index contributed by atoms with van der Waals surface area (Å²) >= 11 is 1.42. The highest BCUT2D eigenvalue weighted by atomic mass is 32.1. The molecule has 1 aliphatic rings. The fourth-order valence-electron chi connectivity index (χ4n) is 3.86. The van der Waals surface area contributed by atoms with Crippen LogP contribution < -0.4 is 0 Å². The Bertz CT molecular complexity index is 977. The Morgan fingerprint density at radius 3 is 2.82 bits per heavy atom. The van der Waals surface area contributed by atoms with E-state index in [9.17, 15) is 4.79 Å². The number of carbonyl (C=O) groups is 1. The number of hydrogen-bond donors (Lipinski definition) is 0. The summed E-state index contributed by atoms with van der Waals surface area (Å²) in [5, 5.41) is 4.01. The molecule has 3 aromatic heterocycles. The van der Waals surface area contributed by atoms with Gasteiger partial charge in [-0.25, -0.2) is 15.0 Å². The lowest BCUT2D eigenvalue weighted by molar-refractivity contribution is 0.0676. The number of thiazole rings is 1. The predicted molar refractivity (Wildman–Crippen MR) is 106 cm³/mol. The topological polar surface area (TPSA) is 85.0 Å². The number of carbonyl (C=O) groups excluding carboxylic acids is 1. The second kappa shape index (κ2) is 7.79. The first-order valence-corrected chi connectivity index (χ1v) is 10.3. The Morgan fingerprint density at radius 2 is 2.11 bits per heavy atom. The smallest absolute Gasteiger partial charge is 0.265 e. The van der Waals surface area contributed by atoms with Crippen molar-refractivity contribution in [2.45, 2.75) is 40.0 Å². The number of aromatic nitrogens is 4. The first-order chi connectivity index (χ1) is 13.5. The summed E-state index contributed by atoms with van der Waals surface area (Å²) in [5.41, 5.74) is 6.14. The van der Waals surface area contributed by atoms with Gasteiger partial charge < -0.3 is 9.42 Å². The molecule has 0 N–H and O–H groups in total. The molecular formula is C20H23N5O2S. The summed E-state index contributed by atoms with van der Waals surface area (Å²) in [7, 11) is 0. The van der Waals surface area contributed by atoms with Crippen LogP contribution in [-0.2, 0) is 6.42 Å². The van der Waals surface area contributed by atoms with Crippen molar-refractivity contribution in [1.82, 2.24) is 25.0 Å². The van der Waals surface area contributed by atoms with Crippen molar-refractivity contribution in [2.75, 3.05) is 13.1 Å². The van der Waals surface area contributed by atoms with Gasteiger partial charge in [-0.15, -0.1) is 11.3 Å². The van der Waals surface area contributed by atoms with Crippen LogP contribution in [0.5, 0.6) is 0 Å². The maximum absolute atomic E-state index is 12.8. The molecule has 3 aromatic rings. The van der Waals surface area contributed by atoms with Crippen molar-refractivity contribution in [3.8, 4) is 11.3 Å². The van der Waals surface area contributed by atoms with Crippen molar-refractivity contribution in [1.29, 1.82) is 0 Å². The quantitative estimate of drug-likeness (QED) is 0.669. The minimum atomic E-state index is 0.101. The van der Waals surface area contributed by atoms with Gasteiger partial charge in [-0.05, 0) is 52.0 Å². The lowest BCUT2D eigenvalue weighted by Crippen LogP contribution is -2.40. The molecule has 0 unspecified atom stereocenters. The third kappa shape index (κ3) is 3.69. The first kappa shape index (κ1) is 18.7. The molecule has 1 aliphatic heterocycles. The van der Waals surface area contributed by atoms with Crippen molar-refractivity contribution >= 4 is 17.2 Å². The number of rotatable bonds is 4. The molecule has 1 saturated heterocycles. The molecular weight excluding hydrogens is 374 g/mol. The number of amides is 1. The molecule has 1 atom stereocenters. The Morgan fingerprint density at radius 1 is 1.25 bits per heavy atom. The maximum atomic E-state index is 12.8. The second-order valence-corrected chi connectivity index (χ2v) is 8.18. The van der Waals surface area contributed by atoms with Crippen LogP contribution in [0.1, 0.15) is 45.4 Å². The molecule has 28 heavy (non-hydrogen) atoms. The normalized spacial score (nSPS) is 17.1. The number of aryl methyl sites for hydroxylation is 3. The van der Waals surface area contributed by atoms with E-state index in [1.165, 1.54) is 11.3 Å². The lowest BCUT2D eigenvalue weighted by Gasteiger charge is -2.32. The molecule has 0 aromatic carbocycles. The number of hydrogen-bond acceptors (Lipinski definition) is 7. The molecule has 7 nitrogen and oxygen atoms in total. The largest absolute Gasteiger partial charge is 0.361 e. The Hall–Kier alpha value is -2.61. The van der Waals surface area contributed by atoms with Crippen molar-refractivity contribution in [3.63, 3.8) is 0 Å². The van der Waals surface area contributed by atoms with Crippen LogP contribution in [0.4, 0.5) is 0 Å². The summed E-state index contributed by atoms with van der Waals surface area (Å²) in [4.78, 5) is 28.6. The summed E-state index contributed by atoms with van der Waals surface area (Å²) in [6.45, 7) is 7.26. The van der Waals surface area contributed by atoms with E-state index < -0.39 is 0 Å². The van der Waals surface area contributed by atoms with Gasteiger partial charge in [0.15, 0.2) is 0 Å². The average Bonchev–Trinajstić information content (AvgIpc) is 3.26. The number of piperidine rings is 1. The molecule has 1 fully saturated rings. The summed E-state index contributed by atoms with van der Waals surface area (Å²) in [6.07, 6.45) is 4.53. The van der Waals surface area contributed by atoms with Gasteiger partial charge in [0, 0.05) is 18.8 Å². The highest BCUT2D eigenvalue weighted by Crippen LogP contribution is 2.27. The van der Waals surface area contributed by atoms with Crippen LogP contribution >= 0.6 is 11.3 Å². The maximum Gasteiger partial charge on any atom is 0.265 e. The SMILES string of the molecule is Cc1ncsc1C(=O)N1CCC[C@H](Cc2cc(-c3c(C)noc3C)ncn2)C1. The fourth-order valence-corrected chi connectivity index (χ4v) is 4.63. The minimum absolute atomic E-state index is 0.101. The molecule has 0 bridgehead atoms. The van der Waals surface area contributed by atoms with Crippen molar-refractivity contribution < 1.29 is 9.32 Å². The van der Waals surface area contributed by atoms with Gasteiger partial charge in [0.05, 0.1) is 28.2 Å². The summed E-state index contributed by atoms with van der Waals surface area (Å²) in [5.74, 6) is 1.25. The molecule has 8 heteroatoms. The number of likely N-dealkylation sites (tertiary alicyclic amines) is 1. The van der Waals surface area contributed by atoms with Gasteiger partial charge in [-0.1, -0.05) is 5.16 Å². The van der Waals surface area contributed by atoms with Gasteiger partial charge in [0.25, 0.3) is 5.91 Å². The van der Waals surface area contributed by atoms with E-state index in [4.69, 9.17) is 4.52 Å². The highest BCUT2D eigenvalue weighted by molar-refractivity contribution is 7.11. The van der Waals surface area contributed by atoms with Crippen molar-refractivity contribution in [3.05, 3.63) is 45.6 Å². The van der Waals surface area contributed by atoms with Crippen LogP contribution in [-0.4, -0.2) is 44.0 Å². The third-order valence-electron chi connectivity index (χ3n) is 5.26. The zero-order valence-electron chi connectivity index (χ0n) is 16.3. The fraction of sp³-hybridized carbons (Fsp3) is 0.450. The van der Waals surface area contributed by atoms with Crippen molar-refractivity contribution in [2.24, 2.45) is 5.92 Å². The molecule has 4 rings (SSSR count). The zero-order valence-corrected chi connectivity index (χ0v) is 17.1. The molecule has 0 radical (unpaired) electrons. The standard InChI is InChI=1S/C20H23N5O2S/c1-12-18(14(3)27-24-12)17-8-16(21-10-22-17)7-15-5-4-6-25(9-15)20(26)19-13(2)23-11-28-19/h8,10-11,15H,4-7,9H2,1-3H3/t15-/m1/s1. The van der Waals surface area contributed by atoms with Gasteiger partial charge >= 0.3 is 0 Å². The Kier molecular flexibility index (Phi) is 5.21.